The third-order valence-electron chi connectivity index (χ3n) is 5.81. The van der Waals surface area contributed by atoms with Crippen LogP contribution < -0.4 is 0 Å². The number of non-ortho nitro benzene ring substituents is 1. The number of nitrogens with zero attached hydrogens (tertiary/aromatic N) is 4. The van der Waals surface area contributed by atoms with Gasteiger partial charge in [-0.15, -0.1) is 0 Å². The van der Waals surface area contributed by atoms with Gasteiger partial charge in [0.2, 0.25) is 26.0 Å². The highest BCUT2D eigenvalue weighted by atomic mass is 32.2. The van der Waals surface area contributed by atoms with Gasteiger partial charge in [0.1, 0.15) is 0 Å². The summed E-state index contributed by atoms with van der Waals surface area (Å²) in [6.07, 6.45) is 1.72. The van der Waals surface area contributed by atoms with Crippen LogP contribution in [0.1, 0.15) is 26.2 Å². The fourth-order valence-corrected chi connectivity index (χ4v) is 7.15. The lowest BCUT2D eigenvalue weighted by molar-refractivity contribution is -0.385. The summed E-state index contributed by atoms with van der Waals surface area (Å²) in [6, 6.07) is 4.89. The zero-order valence-electron chi connectivity index (χ0n) is 17.9. The number of rotatable bonds is 7. The van der Waals surface area contributed by atoms with Gasteiger partial charge in [-0.1, -0.05) is 13.0 Å². The summed E-state index contributed by atoms with van der Waals surface area (Å²) in [5, 5.41) is 11.0. The van der Waals surface area contributed by atoms with Crippen LogP contribution in [-0.2, 0) is 24.8 Å². The molecule has 1 aromatic rings. The fourth-order valence-electron chi connectivity index (χ4n) is 4.10. The average Bonchev–Trinajstić information content (AvgIpc) is 2.79. The van der Waals surface area contributed by atoms with Gasteiger partial charge in [0, 0.05) is 51.4 Å². The summed E-state index contributed by atoms with van der Waals surface area (Å²) < 4.78 is 53.1. The summed E-state index contributed by atoms with van der Waals surface area (Å²) >= 11 is 0. The number of nitro groups is 1. The van der Waals surface area contributed by atoms with Crippen molar-refractivity contribution in [2.45, 2.75) is 31.1 Å². The van der Waals surface area contributed by atoms with Crippen LogP contribution >= 0.6 is 0 Å². The Morgan fingerprint density at radius 1 is 1.09 bits per heavy atom. The molecule has 178 valence electrons. The minimum atomic E-state index is -3.92. The molecule has 2 fully saturated rings. The summed E-state index contributed by atoms with van der Waals surface area (Å²) in [5.74, 6) is -0.536. The highest BCUT2D eigenvalue weighted by molar-refractivity contribution is 7.89. The first-order valence-corrected chi connectivity index (χ1v) is 13.6. The Balaban J connectivity index is 1.63. The molecule has 1 unspecified atom stereocenters. The minimum Gasteiger partial charge on any atom is -0.340 e. The Hall–Kier alpha value is -2.09. The van der Waals surface area contributed by atoms with E-state index in [9.17, 15) is 31.7 Å². The molecular formula is C19H28N4O7S2. The van der Waals surface area contributed by atoms with Gasteiger partial charge in [-0.3, -0.25) is 14.9 Å². The van der Waals surface area contributed by atoms with Crippen molar-refractivity contribution < 1.29 is 26.6 Å². The lowest BCUT2D eigenvalue weighted by Crippen LogP contribution is -2.54. The maximum atomic E-state index is 13.0. The van der Waals surface area contributed by atoms with Crippen LogP contribution in [0, 0.1) is 16.0 Å². The van der Waals surface area contributed by atoms with Crippen LogP contribution in [0.25, 0.3) is 0 Å². The predicted molar refractivity (Wildman–Crippen MR) is 117 cm³/mol. The number of piperidine rings is 1. The number of amides is 1. The maximum absolute atomic E-state index is 13.0. The lowest BCUT2D eigenvalue weighted by atomic mass is 9.98. The zero-order valence-corrected chi connectivity index (χ0v) is 19.6. The first-order valence-electron chi connectivity index (χ1n) is 10.6. The van der Waals surface area contributed by atoms with E-state index >= 15 is 0 Å². The van der Waals surface area contributed by atoms with Gasteiger partial charge in [-0.25, -0.2) is 21.1 Å². The quantitative estimate of drug-likeness (QED) is 0.410. The second-order valence-corrected chi connectivity index (χ2v) is 12.0. The first-order chi connectivity index (χ1) is 15.1. The predicted octanol–water partition coefficient (Wildman–Crippen LogP) is 0.880. The van der Waals surface area contributed by atoms with Crippen molar-refractivity contribution in [2.75, 3.05) is 45.0 Å². The Labute approximate surface area is 188 Å². The smallest absolute Gasteiger partial charge is 0.270 e. The Morgan fingerprint density at radius 2 is 1.78 bits per heavy atom. The molecule has 11 nitrogen and oxygen atoms in total. The molecule has 0 aliphatic carbocycles. The SMILES string of the molecule is CCCS(=O)(=O)N1CCCC(C(=O)N2CCN(S(=O)(=O)c3cccc([N+](=O)[O-])c3)CC2)C1. The molecule has 0 spiro atoms. The molecular weight excluding hydrogens is 460 g/mol. The summed E-state index contributed by atoms with van der Waals surface area (Å²) in [4.78, 5) is 24.7. The molecule has 2 aliphatic heterocycles. The van der Waals surface area contributed by atoms with Gasteiger partial charge in [0.15, 0.2) is 0 Å². The lowest BCUT2D eigenvalue weighted by Gasteiger charge is -2.38. The summed E-state index contributed by atoms with van der Waals surface area (Å²) in [5.41, 5.74) is -0.306. The Bertz CT molecular complexity index is 1070. The van der Waals surface area contributed by atoms with E-state index in [-0.39, 0.29) is 55.0 Å². The molecule has 0 aromatic heterocycles. The van der Waals surface area contributed by atoms with Crippen LogP contribution in [-0.4, -0.2) is 86.2 Å². The minimum absolute atomic E-state index is 0.0576. The van der Waals surface area contributed by atoms with Gasteiger partial charge >= 0.3 is 0 Å². The van der Waals surface area contributed by atoms with Crippen LogP contribution in [0.2, 0.25) is 0 Å². The normalized spacial score (nSPS) is 21.4. The Kier molecular flexibility index (Phi) is 7.53. The highest BCUT2D eigenvalue weighted by Crippen LogP contribution is 2.25. The topological polar surface area (TPSA) is 138 Å². The van der Waals surface area contributed by atoms with Crippen LogP contribution in [0.5, 0.6) is 0 Å². The van der Waals surface area contributed by atoms with Crippen LogP contribution in [0.15, 0.2) is 29.2 Å². The number of piperazine rings is 1. The van der Waals surface area contributed by atoms with E-state index in [1.54, 1.807) is 11.8 Å². The number of carbonyl (C=O) groups excluding carboxylic acids is 1. The van der Waals surface area contributed by atoms with Gasteiger partial charge < -0.3 is 4.90 Å². The third kappa shape index (κ3) is 5.27. The molecule has 0 N–H and O–H groups in total. The van der Waals surface area contributed by atoms with E-state index in [4.69, 9.17) is 0 Å². The van der Waals surface area contributed by atoms with Crippen LogP contribution in [0.4, 0.5) is 5.69 Å². The molecule has 2 heterocycles. The largest absolute Gasteiger partial charge is 0.340 e. The molecule has 32 heavy (non-hydrogen) atoms. The maximum Gasteiger partial charge on any atom is 0.270 e. The molecule has 0 bridgehead atoms. The van der Waals surface area contributed by atoms with Gasteiger partial charge in [0.05, 0.1) is 21.5 Å². The van der Waals surface area contributed by atoms with Gasteiger partial charge in [-0.2, -0.15) is 4.31 Å². The van der Waals surface area contributed by atoms with Crippen LogP contribution in [0.3, 0.4) is 0 Å². The van der Waals surface area contributed by atoms with Crippen molar-refractivity contribution in [1.29, 1.82) is 0 Å². The van der Waals surface area contributed by atoms with Gasteiger partial charge in [0.25, 0.3) is 5.69 Å². The molecule has 13 heteroatoms. The number of sulfonamides is 2. The molecule has 0 radical (unpaired) electrons. The highest BCUT2D eigenvalue weighted by Gasteiger charge is 2.36. The number of benzene rings is 1. The molecule has 2 saturated heterocycles. The van der Waals surface area contributed by atoms with E-state index in [0.29, 0.717) is 25.8 Å². The van der Waals surface area contributed by atoms with Crippen molar-refractivity contribution >= 4 is 31.6 Å². The van der Waals surface area contributed by atoms with E-state index < -0.39 is 30.9 Å². The first kappa shape index (κ1) is 24.6. The van der Waals surface area contributed by atoms with Crippen molar-refractivity contribution in [3.63, 3.8) is 0 Å². The van der Waals surface area contributed by atoms with Crippen molar-refractivity contribution in [1.82, 2.24) is 13.5 Å². The standard InChI is InChI=1S/C19H28N4O7S2/c1-2-13-31(27,28)22-8-4-5-16(15-22)19(24)20-9-11-21(12-10-20)32(29,30)18-7-3-6-17(14-18)23(25)26/h3,6-7,14,16H,2,4-5,8-13,15H2,1H3. The van der Waals surface area contributed by atoms with E-state index in [0.717, 1.165) is 6.07 Å². The van der Waals surface area contributed by atoms with Crippen molar-refractivity contribution in [3.05, 3.63) is 34.4 Å². The molecule has 0 saturated carbocycles. The van der Waals surface area contributed by atoms with Crippen molar-refractivity contribution in [3.8, 4) is 0 Å². The third-order valence-corrected chi connectivity index (χ3v) is 9.74. The fraction of sp³-hybridized carbons (Fsp3) is 0.632. The van der Waals surface area contributed by atoms with E-state index in [1.807, 2.05) is 0 Å². The van der Waals surface area contributed by atoms with Gasteiger partial charge in [-0.05, 0) is 25.3 Å². The summed E-state index contributed by atoms with van der Waals surface area (Å²) in [7, 11) is -7.30. The summed E-state index contributed by atoms with van der Waals surface area (Å²) in [6.45, 7) is 2.89. The second-order valence-electron chi connectivity index (χ2n) is 8.00. The molecule has 1 aromatic carbocycles. The van der Waals surface area contributed by atoms with E-state index in [2.05, 4.69) is 0 Å². The second kappa shape index (κ2) is 9.81. The number of hydrogen-bond donors (Lipinski definition) is 0. The average molecular weight is 489 g/mol. The van der Waals surface area contributed by atoms with E-state index in [1.165, 1.54) is 26.8 Å². The molecule has 1 atom stereocenters. The van der Waals surface area contributed by atoms with Crippen molar-refractivity contribution in [2.24, 2.45) is 5.92 Å². The molecule has 2 aliphatic rings. The zero-order chi connectivity index (χ0) is 23.5. The monoisotopic (exact) mass is 488 g/mol. The number of hydrogen-bond acceptors (Lipinski definition) is 7. The number of carbonyl (C=O) groups is 1. The number of nitro benzene ring substituents is 1. The Morgan fingerprint density at radius 3 is 2.41 bits per heavy atom. The molecule has 3 rings (SSSR count). The molecule has 1 amide bonds.